The van der Waals surface area contributed by atoms with E-state index < -0.39 is 5.91 Å². The van der Waals surface area contributed by atoms with Crippen LogP contribution in [0.25, 0.3) is 10.9 Å². The quantitative estimate of drug-likeness (QED) is 0.892. The summed E-state index contributed by atoms with van der Waals surface area (Å²) in [5.41, 5.74) is 7.19. The zero-order chi connectivity index (χ0) is 18.4. The standard InChI is InChI=1S/C18H25N5O2/c1-18(2,3)17(25)23-9-7-22(8-10-23)14-6-5-12(16(19)24)15-13(14)11-21(4)20-15/h5-6,11H,7-10H2,1-4H3,(H2,19,24). The van der Waals surface area contributed by atoms with E-state index >= 15 is 0 Å². The number of aryl methyl sites for hydroxylation is 1. The minimum Gasteiger partial charge on any atom is -0.367 e. The third-order valence-corrected chi connectivity index (χ3v) is 4.58. The lowest BCUT2D eigenvalue weighted by Gasteiger charge is -2.38. The average Bonchev–Trinajstić information content (AvgIpc) is 2.93. The van der Waals surface area contributed by atoms with Crippen LogP contribution in [0.3, 0.4) is 0 Å². The summed E-state index contributed by atoms with van der Waals surface area (Å²) in [6, 6.07) is 3.66. The summed E-state index contributed by atoms with van der Waals surface area (Å²) in [4.78, 5) is 28.2. The van der Waals surface area contributed by atoms with Crippen LogP contribution >= 0.6 is 0 Å². The predicted octanol–water partition coefficient (Wildman–Crippen LogP) is 1.37. The van der Waals surface area contributed by atoms with E-state index in [2.05, 4.69) is 10.00 Å². The van der Waals surface area contributed by atoms with Gasteiger partial charge in [0.2, 0.25) is 5.91 Å². The average molecular weight is 343 g/mol. The van der Waals surface area contributed by atoms with Crippen LogP contribution in [-0.2, 0) is 11.8 Å². The normalized spacial score (nSPS) is 15.7. The first-order valence-electron chi connectivity index (χ1n) is 8.49. The Balaban J connectivity index is 1.86. The lowest BCUT2D eigenvalue weighted by Crippen LogP contribution is -2.51. The number of piperazine rings is 1. The Morgan fingerprint density at radius 2 is 1.76 bits per heavy atom. The van der Waals surface area contributed by atoms with Crippen molar-refractivity contribution in [1.29, 1.82) is 0 Å². The number of primary amides is 1. The zero-order valence-corrected chi connectivity index (χ0v) is 15.2. The number of anilines is 1. The second-order valence-corrected chi connectivity index (χ2v) is 7.59. The number of benzene rings is 1. The van der Waals surface area contributed by atoms with Crippen LogP contribution in [0.2, 0.25) is 0 Å². The van der Waals surface area contributed by atoms with Gasteiger partial charge < -0.3 is 15.5 Å². The molecule has 1 aromatic heterocycles. The predicted molar refractivity (Wildman–Crippen MR) is 97.5 cm³/mol. The molecule has 3 rings (SSSR count). The van der Waals surface area contributed by atoms with Crippen molar-refractivity contribution in [3.05, 3.63) is 23.9 Å². The smallest absolute Gasteiger partial charge is 0.250 e. The molecular formula is C18H25N5O2. The maximum absolute atomic E-state index is 12.4. The molecule has 0 bridgehead atoms. The van der Waals surface area contributed by atoms with Crippen molar-refractivity contribution in [2.45, 2.75) is 20.8 Å². The van der Waals surface area contributed by atoms with Gasteiger partial charge in [-0.3, -0.25) is 14.3 Å². The number of rotatable bonds is 2. The second kappa shape index (κ2) is 6.06. The largest absolute Gasteiger partial charge is 0.367 e. The maximum Gasteiger partial charge on any atom is 0.250 e. The highest BCUT2D eigenvalue weighted by molar-refractivity contribution is 6.08. The maximum atomic E-state index is 12.4. The van der Waals surface area contributed by atoms with E-state index in [1.165, 1.54) is 0 Å². The molecule has 0 saturated carbocycles. The molecule has 1 aliphatic heterocycles. The molecule has 134 valence electrons. The van der Waals surface area contributed by atoms with Gasteiger partial charge >= 0.3 is 0 Å². The molecule has 1 saturated heterocycles. The molecule has 1 fully saturated rings. The molecule has 0 radical (unpaired) electrons. The number of aromatic nitrogens is 2. The molecule has 2 heterocycles. The minimum absolute atomic E-state index is 0.183. The van der Waals surface area contributed by atoms with Crippen molar-refractivity contribution in [3.63, 3.8) is 0 Å². The monoisotopic (exact) mass is 343 g/mol. The Labute approximate surface area is 147 Å². The lowest BCUT2D eigenvalue weighted by molar-refractivity contribution is -0.139. The van der Waals surface area contributed by atoms with Crippen molar-refractivity contribution < 1.29 is 9.59 Å². The van der Waals surface area contributed by atoms with E-state index in [1.807, 2.05) is 45.0 Å². The molecule has 1 aliphatic rings. The zero-order valence-electron chi connectivity index (χ0n) is 15.2. The second-order valence-electron chi connectivity index (χ2n) is 7.59. The van der Waals surface area contributed by atoms with Crippen LogP contribution in [0.1, 0.15) is 31.1 Å². The Bertz CT molecular complexity index is 826. The summed E-state index contributed by atoms with van der Waals surface area (Å²) in [6.45, 7) is 8.73. The number of hydrogen-bond donors (Lipinski definition) is 1. The fourth-order valence-electron chi connectivity index (χ4n) is 3.31. The summed E-state index contributed by atoms with van der Waals surface area (Å²) >= 11 is 0. The molecule has 0 unspecified atom stereocenters. The Morgan fingerprint density at radius 1 is 1.12 bits per heavy atom. The van der Waals surface area contributed by atoms with Gasteiger partial charge in [0.05, 0.1) is 5.56 Å². The molecule has 0 atom stereocenters. The fraction of sp³-hybridized carbons (Fsp3) is 0.500. The number of nitrogens with zero attached hydrogens (tertiary/aromatic N) is 4. The van der Waals surface area contributed by atoms with E-state index in [0.717, 1.165) is 24.2 Å². The topological polar surface area (TPSA) is 84.5 Å². The summed E-state index contributed by atoms with van der Waals surface area (Å²) < 4.78 is 1.69. The number of carbonyl (C=O) groups is 2. The Morgan fingerprint density at radius 3 is 2.32 bits per heavy atom. The first kappa shape index (κ1) is 17.3. The van der Waals surface area contributed by atoms with Gasteiger partial charge in [0.15, 0.2) is 0 Å². The van der Waals surface area contributed by atoms with Gasteiger partial charge in [0.1, 0.15) is 5.52 Å². The van der Waals surface area contributed by atoms with Crippen molar-refractivity contribution in [1.82, 2.24) is 14.7 Å². The van der Waals surface area contributed by atoms with Crippen LogP contribution in [0.4, 0.5) is 5.69 Å². The molecule has 7 heteroatoms. The van der Waals surface area contributed by atoms with Gasteiger partial charge in [-0.15, -0.1) is 0 Å². The summed E-state index contributed by atoms with van der Waals surface area (Å²) in [5, 5.41) is 5.30. The van der Waals surface area contributed by atoms with E-state index in [0.29, 0.717) is 24.2 Å². The van der Waals surface area contributed by atoms with Gasteiger partial charge in [0, 0.05) is 55.9 Å². The van der Waals surface area contributed by atoms with Crippen LogP contribution in [-0.4, -0.2) is 52.7 Å². The van der Waals surface area contributed by atoms with Crippen molar-refractivity contribution in [2.24, 2.45) is 18.2 Å². The number of amides is 2. The minimum atomic E-state index is -0.476. The van der Waals surface area contributed by atoms with Gasteiger partial charge in [-0.1, -0.05) is 20.8 Å². The van der Waals surface area contributed by atoms with Crippen LogP contribution in [0.15, 0.2) is 18.3 Å². The van der Waals surface area contributed by atoms with Crippen LogP contribution in [0, 0.1) is 5.41 Å². The highest BCUT2D eigenvalue weighted by Gasteiger charge is 2.30. The first-order valence-corrected chi connectivity index (χ1v) is 8.49. The molecular weight excluding hydrogens is 318 g/mol. The molecule has 1 aromatic carbocycles. The molecule has 25 heavy (non-hydrogen) atoms. The summed E-state index contributed by atoms with van der Waals surface area (Å²) in [5.74, 6) is -0.293. The van der Waals surface area contributed by atoms with Crippen LogP contribution < -0.4 is 10.6 Å². The van der Waals surface area contributed by atoms with Gasteiger partial charge in [-0.25, -0.2) is 0 Å². The van der Waals surface area contributed by atoms with E-state index in [1.54, 1.807) is 10.7 Å². The van der Waals surface area contributed by atoms with Crippen molar-refractivity contribution in [3.8, 4) is 0 Å². The van der Waals surface area contributed by atoms with Crippen LogP contribution in [0.5, 0.6) is 0 Å². The van der Waals surface area contributed by atoms with Crippen molar-refractivity contribution >= 4 is 28.4 Å². The highest BCUT2D eigenvalue weighted by atomic mass is 16.2. The first-order chi connectivity index (χ1) is 11.7. The summed E-state index contributed by atoms with van der Waals surface area (Å²) in [6.07, 6.45) is 1.91. The molecule has 0 spiro atoms. The highest BCUT2D eigenvalue weighted by Crippen LogP contribution is 2.30. The van der Waals surface area contributed by atoms with E-state index in [9.17, 15) is 9.59 Å². The fourth-order valence-corrected chi connectivity index (χ4v) is 3.31. The summed E-state index contributed by atoms with van der Waals surface area (Å²) in [7, 11) is 1.83. The Hall–Kier alpha value is -2.57. The van der Waals surface area contributed by atoms with Gasteiger partial charge in [0.25, 0.3) is 5.91 Å². The van der Waals surface area contributed by atoms with E-state index in [-0.39, 0.29) is 11.3 Å². The number of carbonyl (C=O) groups excluding carboxylic acids is 2. The SMILES string of the molecule is Cn1cc2c(N3CCN(C(=O)C(C)(C)C)CC3)ccc(C(N)=O)c2n1. The molecule has 7 nitrogen and oxygen atoms in total. The van der Waals surface area contributed by atoms with Crippen molar-refractivity contribution in [2.75, 3.05) is 31.1 Å². The third-order valence-electron chi connectivity index (χ3n) is 4.58. The molecule has 0 aliphatic carbocycles. The number of hydrogen-bond acceptors (Lipinski definition) is 4. The Kier molecular flexibility index (Phi) is 4.18. The van der Waals surface area contributed by atoms with Gasteiger partial charge in [-0.2, -0.15) is 5.10 Å². The van der Waals surface area contributed by atoms with E-state index in [4.69, 9.17) is 5.73 Å². The number of nitrogens with two attached hydrogens (primary N) is 1. The lowest BCUT2D eigenvalue weighted by atomic mass is 9.94. The number of fused-ring (bicyclic) bond motifs is 1. The van der Waals surface area contributed by atoms with Gasteiger partial charge in [-0.05, 0) is 12.1 Å². The molecule has 2 aromatic rings. The molecule has 2 N–H and O–H groups in total. The molecule has 2 amide bonds. The third kappa shape index (κ3) is 3.18.